The topological polar surface area (TPSA) is 92.5 Å². The van der Waals surface area contributed by atoms with E-state index < -0.39 is 10.0 Å². The van der Waals surface area contributed by atoms with Crippen molar-refractivity contribution in [1.29, 1.82) is 0 Å². The molecule has 0 aliphatic carbocycles. The molecule has 3 N–H and O–H groups in total. The van der Waals surface area contributed by atoms with Gasteiger partial charge in [0, 0.05) is 12.2 Å². The maximum atomic E-state index is 12.4. The van der Waals surface area contributed by atoms with Gasteiger partial charge in [-0.25, -0.2) is 13.6 Å². The number of nitrogens with one attached hydrogen (secondary N) is 1. The second-order valence-electron chi connectivity index (χ2n) is 6.37. The first kappa shape index (κ1) is 17.9. The standard InChI is InChI=1S/C16H25N3O3S/c1-12-5-3-7-15(9-12)18-16(20)13(2)19-8-4-6-14(10-19)11-23(17,21)22/h3,5,7,9,13-14H,4,6,8,10-11H2,1-2H3,(H,18,20)(H2,17,21,22)/t13-,14-/m0/s1. The van der Waals surface area contributed by atoms with Gasteiger partial charge in [0.15, 0.2) is 0 Å². The molecule has 1 aliphatic rings. The number of hydrogen-bond acceptors (Lipinski definition) is 4. The van der Waals surface area contributed by atoms with Gasteiger partial charge in [-0.3, -0.25) is 9.69 Å². The first-order valence-corrected chi connectivity index (χ1v) is 9.58. The zero-order valence-electron chi connectivity index (χ0n) is 13.7. The van der Waals surface area contributed by atoms with Gasteiger partial charge in [0.2, 0.25) is 15.9 Å². The van der Waals surface area contributed by atoms with Crippen LogP contribution >= 0.6 is 0 Å². The zero-order chi connectivity index (χ0) is 17.0. The number of rotatable bonds is 5. The molecule has 0 spiro atoms. The summed E-state index contributed by atoms with van der Waals surface area (Å²) in [6.45, 7) is 5.20. The number of nitrogens with two attached hydrogens (primary N) is 1. The fourth-order valence-electron chi connectivity index (χ4n) is 3.05. The second kappa shape index (κ2) is 7.42. The zero-order valence-corrected chi connectivity index (χ0v) is 14.5. The van der Waals surface area contributed by atoms with Crippen LogP contribution < -0.4 is 10.5 Å². The van der Waals surface area contributed by atoms with Crippen LogP contribution in [0.2, 0.25) is 0 Å². The molecule has 1 amide bonds. The van der Waals surface area contributed by atoms with E-state index in [2.05, 4.69) is 5.32 Å². The molecule has 0 bridgehead atoms. The predicted molar refractivity (Wildman–Crippen MR) is 91.5 cm³/mol. The van der Waals surface area contributed by atoms with Crippen molar-refractivity contribution in [2.45, 2.75) is 32.7 Å². The largest absolute Gasteiger partial charge is 0.325 e. The maximum Gasteiger partial charge on any atom is 0.241 e. The average molecular weight is 339 g/mol. The number of amides is 1. The summed E-state index contributed by atoms with van der Waals surface area (Å²) in [5, 5.41) is 8.06. The van der Waals surface area contributed by atoms with Gasteiger partial charge in [-0.05, 0) is 56.8 Å². The first-order valence-electron chi connectivity index (χ1n) is 7.86. The van der Waals surface area contributed by atoms with E-state index in [1.54, 1.807) is 0 Å². The van der Waals surface area contributed by atoms with Crippen molar-refractivity contribution < 1.29 is 13.2 Å². The molecular formula is C16H25N3O3S. The molecule has 1 saturated heterocycles. The van der Waals surface area contributed by atoms with Crippen LogP contribution in [-0.2, 0) is 14.8 Å². The molecule has 1 fully saturated rings. The molecule has 1 aromatic carbocycles. The molecule has 0 aromatic heterocycles. The number of primary sulfonamides is 1. The van der Waals surface area contributed by atoms with Crippen LogP contribution in [0.25, 0.3) is 0 Å². The minimum absolute atomic E-state index is 0.00651. The Morgan fingerprint density at radius 2 is 2.22 bits per heavy atom. The number of hydrogen-bond donors (Lipinski definition) is 2. The number of nitrogens with zero attached hydrogens (tertiary/aromatic N) is 1. The van der Waals surface area contributed by atoms with Gasteiger partial charge < -0.3 is 5.32 Å². The molecule has 6 nitrogen and oxygen atoms in total. The molecule has 7 heteroatoms. The van der Waals surface area contributed by atoms with Crippen molar-refractivity contribution in [2.24, 2.45) is 11.1 Å². The van der Waals surface area contributed by atoms with Crippen LogP contribution in [0.4, 0.5) is 5.69 Å². The highest BCUT2D eigenvalue weighted by molar-refractivity contribution is 7.89. The van der Waals surface area contributed by atoms with Gasteiger partial charge in [0.05, 0.1) is 11.8 Å². The summed E-state index contributed by atoms with van der Waals surface area (Å²) in [5.41, 5.74) is 1.86. The number of carbonyl (C=O) groups excluding carboxylic acids is 1. The molecule has 2 rings (SSSR count). The predicted octanol–water partition coefficient (Wildman–Crippen LogP) is 1.32. The highest BCUT2D eigenvalue weighted by Crippen LogP contribution is 2.20. The Bertz CT molecular complexity index is 660. The first-order chi connectivity index (χ1) is 10.7. The summed E-state index contributed by atoms with van der Waals surface area (Å²) in [4.78, 5) is 14.5. The van der Waals surface area contributed by atoms with Crippen LogP contribution in [0.5, 0.6) is 0 Å². The highest BCUT2D eigenvalue weighted by atomic mass is 32.2. The van der Waals surface area contributed by atoms with E-state index in [9.17, 15) is 13.2 Å². The van der Waals surface area contributed by atoms with Crippen LogP contribution in [0.1, 0.15) is 25.3 Å². The summed E-state index contributed by atoms with van der Waals surface area (Å²) in [6, 6.07) is 7.35. The fourth-order valence-corrected chi connectivity index (χ4v) is 3.98. The average Bonchev–Trinajstić information content (AvgIpc) is 2.45. The summed E-state index contributed by atoms with van der Waals surface area (Å²) >= 11 is 0. The lowest BCUT2D eigenvalue weighted by atomic mass is 9.98. The number of aryl methyl sites for hydroxylation is 1. The third-order valence-electron chi connectivity index (χ3n) is 4.23. The third-order valence-corrected chi connectivity index (χ3v) is 5.17. The SMILES string of the molecule is Cc1cccc(NC(=O)[C@H](C)N2CCC[C@H](CS(N)(=O)=O)C2)c1. The maximum absolute atomic E-state index is 12.4. The van der Waals surface area contributed by atoms with E-state index in [-0.39, 0.29) is 23.6 Å². The van der Waals surface area contributed by atoms with E-state index in [0.717, 1.165) is 30.6 Å². The molecule has 2 atom stereocenters. The molecule has 23 heavy (non-hydrogen) atoms. The van der Waals surface area contributed by atoms with Crippen molar-refractivity contribution in [3.8, 4) is 0 Å². The number of benzene rings is 1. The van der Waals surface area contributed by atoms with Crippen molar-refractivity contribution in [2.75, 3.05) is 24.2 Å². The smallest absolute Gasteiger partial charge is 0.241 e. The van der Waals surface area contributed by atoms with Gasteiger partial charge in [0.1, 0.15) is 0 Å². The normalized spacial score (nSPS) is 20.9. The fraction of sp³-hybridized carbons (Fsp3) is 0.562. The Hall–Kier alpha value is -1.44. The number of anilines is 1. The van der Waals surface area contributed by atoms with Crippen molar-refractivity contribution in [1.82, 2.24) is 4.90 Å². The van der Waals surface area contributed by atoms with Gasteiger partial charge in [-0.15, -0.1) is 0 Å². The lowest BCUT2D eigenvalue weighted by molar-refractivity contribution is -0.121. The minimum Gasteiger partial charge on any atom is -0.325 e. The van der Waals surface area contributed by atoms with Gasteiger partial charge in [-0.1, -0.05) is 12.1 Å². The van der Waals surface area contributed by atoms with Gasteiger partial charge in [-0.2, -0.15) is 0 Å². The lowest BCUT2D eigenvalue weighted by Crippen LogP contribution is -2.48. The molecule has 1 aliphatic heterocycles. The summed E-state index contributed by atoms with van der Waals surface area (Å²) < 4.78 is 22.5. The Labute approximate surface area is 138 Å². The van der Waals surface area contributed by atoms with Crippen molar-refractivity contribution >= 4 is 21.6 Å². The van der Waals surface area contributed by atoms with Crippen molar-refractivity contribution in [3.05, 3.63) is 29.8 Å². The molecule has 0 unspecified atom stereocenters. The Morgan fingerprint density at radius 3 is 2.87 bits per heavy atom. The molecule has 1 heterocycles. The van der Waals surface area contributed by atoms with Crippen LogP contribution in [0.3, 0.4) is 0 Å². The number of piperidine rings is 1. The summed E-state index contributed by atoms with van der Waals surface area (Å²) in [6.07, 6.45) is 1.71. The molecule has 128 valence electrons. The van der Waals surface area contributed by atoms with E-state index in [0.29, 0.717) is 6.54 Å². The van der Waals surface area contributed by atoms with Crippen LogP contribution in [0.15, 0.2) is 24.3 Å². The van der Waals surface area contributed by atoms with Crippen LogP contribution in [-0.4, -0.2) is 44.1 Å². The van der Waals surface area contributed by atoms with Crippen LogP contribution in [0, 0.1) is 12.8 Å². The third kappa shape index (κ3) is 5.60. The Kier molecular flexibility index (Phi) is 5.78. The Balaban J connectivity index is 1.96. The van der Waals surface area contributed by atoms with E-state index >= 15 is 0 Å². The van der Waals surface area contributed by atoms with Crippen molar-refractivity contribution in [3.63, 3.8) is 0 Å². The Morgan fingerprint density at radius 1 is 1.48 bits per heavy atom. The van der Waals surface area contributed by atoms with E-state index in [4.69, 9.17) is 5.14 Å². The van der Waals surface area contributed by atoms with Gasteiger partial charge >= 0.3 is 0 Å². The molecular weight excluding hydrogens is 314 g/mol. The summed E-state index contributed by atoms with van der Waals surface area (Å²) in [7, 11) is -3.47. The monoisotopic (exact) mass is 339 g/mol. The quantitative estimate of drug-likeness (QED) is 0.846. The minimum atomic E-state index is -3.47. The van der Waals surface area contributed by atoms with E-state index in [1.165, 1.54) is 0 Å². The van der Waals surface area contributed by atoms with E-state index in [1.807, 2.05) is 43.0 Å². The molecule has 0 radical (unpaired) electrons. The molecule has 1 aromatic rings. The second-order valence-corrected chi connectivity index (χ2v) is 8.03. The highest BCUT2D eigenvalue weighted by Gasteiger charge is 2.29. The number of sulfonamides is 1. The summed E-state index contributed by atoms with van der Waals surface area (Å²) in [5.74, 6) is -0.102. The number of likely N-dealkylation sites (tertiary alicyclic amines) is 1. The van der Waals surface area contributed by atoms with Gasteiger partial charge in [0.25, 0.3) is 0 Å². The number of carbonyl (C=O) groups is 1. The molecule has 0 saturated carbocycles. The lowest BCUT2D eigenvalue weighted by Gasteiger charge is -2.35.